The molecule has 1 saturated heterocycles. The number of Topliss-reactive ketones (excluding diaryl/α,β-unsaturated/α-hetero) is 1. The predicted octanol–water partition coefficient (Wildman–Crippen LogP) is 2.54. The van der Waals surface area contributed by atoms with Crippen LogP contribution in [0.4, 0.5) is 0 Å². The molecule has 0 aromatic heterocycles. The summed E-state index contributed by atoms with van der Waals surface area (Å²) in [5.41, 5.74) is 0. The number of hydrogen-bond acceptors (Lipinski definition) is 2. The lowest BCUT2D eigenvalue weighted by atomic mass is 9.94. The van der Waals surface area contributed by atoms with E-state index in [0.29, 0.717) is 12.3 Å². The van der Waals surface area contributed by atoms with Crippen LogP contribution in [-0.4, -0.2) is 11.9 Å². The Morgan fingerprint density at radius 3 is 2.69 bits per heavy atom. The molecule has 2 nitrogen and oxygen atoms in total. The third-order valence-corrected chi connectivity index (χ3v) is 2.55. The van der Waals surface area contributed by atoms with Gasteiger partial charge in [0.25, 0.3) is 0 Å². The first-order valence-corrected chi connectivity index (χ1v) is 4.85. The Balaban J connectivity index is 2.51. The highest BCUT2D eigenvalue weighted by Gasteiger charge is 2.31. The highest BCUT2D eigenvalue weighted by molar-refractivity contribution is 5.76. The molecule has 0 bridgehead atoms. The minimum absolute atomic E-state index is 0.221. The maximum Gasteiger partial charge on any atom is 0.130 e. The van der Waals surface area contributed by atoms with Crippen LogP contribution in [0.1, 0.15) is 33.6 Å². The molecule has 1 aliphatic heterocycles. The number of carbonyl (C=O) groups is 1. The molecule has 2 unspecified atom stereocenters. The van der Waals surface area contributed by atoms with Crippen molar-refractivity contribution in [3.05, 3.63) is 12.3 Å². The molecule has 1 fully saturated rings. The van der Waals surface area contributed by atoms with Gasteiger partial charge in [0, 0.05) is 12.3 Å². The van der Waals surface area contributed by atoms with E-state index < -0.39 is 0 Å². The van der Waals surface area contributed by atoms with Gasteiger partial charge in [-0.3, -0.25) is 0 Å². The lowest BCUT2D eigenvalue weighted by Gasteiger charge is -2.13. The largest absolute Gasteiger partial charge is 0.495 e. The van der Waals surface area contributed by atoms with Crippen LogP contribution in [0.15, 0.2) is 12.3 Å². The Morgan fingerprint density at radius 2 is 2.31 bits per heavy atom. The van der Waals surface area contributed by atoms with E-state index in [2.05, 4.69) is 20.4 Å². The Hall–Kier alpha value is -0.790. The molecular weight excluding hydrogens is 164 g/mol. The van der Waals surface area contributed by atoms with Crippen molar-refractivity contribution in [2.45, 2.75) is 39.7 Å². The van der Waals surface area contributed by atoms with Gasteiger partial charge in [-0.25, -0.2) is 0 Å². The third kappa shape index (κ3) is 2.58. The summed E-state index contributed by atoms with van der Waals surface area (Å²) in [6.07, 6.45) is 1.80. The molecule has 1 rings (SSSR count). The van der Waals surface area contributed by atoms with Crippen LogP contribution >= 0.6 is 0 Å². The molecule has 0 amide bonds. The number of ketones is 1. The van der Waals surface area contributed by atoms with Gasteiger partial charge in [-0.05, 0) is 19.3 Å². The first-order chi connectivity index (χ1) is 6.00. The molecule has 2 heteroatoms. The summed E-state index contributed by atoms with van der Waals surface area (Å²) in [4.78, 5) is 10.9. The highest BCUT2D eigenvalue weighted by Crippen LogP contribution is 2.34. The number of carbonyl (C=O) groups excluding carboxylic acids is 1. The number of allylic oxidation sites excluding steroid dienone is 1. The molecular formula is C11H18O2. The second-order valence-electron chi connectivity index (χ2n) is 4.21. The van der Waals surface area contributed by atoms with Crippen LogP contribution < -0.4 is 0 Å². The fraction of sp³-hybridized carbons (Fsp3) is 0.727. The van der Waals surface area contributed by atoms with Crippen LogP contribution in [0.2, 0.25) is 0 Å². The quantitative estimate of drug-likeness (QED) is 0.670. The average molecular weight is 182 g/mol. The van der Waals surface area contributed by atoms with E-state index in [1.807, 2.05) is 0 Å². The van der Waals surface area contributed by atoms with Crippen molar-refractivity contribution in [2.24, 2.45) is 11.8 Å². The van der Waals surface area contributed by atoms with Crippen LogP contribution in [0, 0.1) is 11.8 Å². The number of hydrogen-bond donors (Lipinski definition) is 0. The van der Waals surface area contributed by atoms with E-state index in [1.165, 1.54) is 0 Å². The predicted molar refractivity (Wildman–Crippen MR) is 52.3 cm³/mol. The summed E-state index contributed by atoms with van der Waals surface area (Å²) in [5, 5.41) is 0. The van der Waals surface area contributed by atoms with Gasteiger partial charge >= 0.3 is 0 Å². The van der Waals surface area contributed by atoms with Crippen molar-refractivity contribution in [3.63, 3.8) is 0 Å². The highest BCUT2D eigenvalue weighted by atomic mass is 16.5. The molecule has 1 aliphatic rings. The number of rotatable bonds is 3. The SMILES string of the molecule is C=C1OC(C(C)C)CC1CC(C)=O. The van der Waals surface area contributed by atoms with Gasteiger partial charge in [-0.2, -0.15) is 0 Å². The standard InChI is InChI=1S/C11H18O2/c1-7(2)11-6-10(5-8(3)12)9(4)13-11/h7,10-11H,4-6H2,1-3H3. The van der Waals surface area contributed by atoms with E-state index in [-0.39, 0.29) is 17.8 Å². The Morgan fingerprint density at radius 1 is 1.69 bits per heavy atom. The van der Waals surface area contributed by atoms with Crippen LogP contribution in [0.25, 0.3) is 0 Å². The molecule has 0 saturated carbocycles. The summed E-state index contributed by atoms with van der Waals surface area (Å²) in [6.45, 7) is 9.73. The normalized spacial score (nSPS) is 27.8. The van der Waals surface area contributed by atoms with Gasteiger partial charge in [0.05, 0.1) is 5.76 Å². The van der Waals surface area contributed by atoms with Crippen molar-refractivity contribution < 1.29 is 9.53 Å². The Kier molecular flexibility index (Phi) is 3.12. The molecule has 74 valence electrons. The van der Waals surface area contributed by atoms with Gasteiger partial charge in [0.15, 0.2) is 0 Å². The summed E-state index contributed by atoms with van der Waals surface area (Å²) < 4.78 is 5.59. The zero-order chi connectivity index (χ0) is 10.0. The van der Waals surface area contributed by atoms with Gasteiger partial charge in [0.1, 0.15) is 11.9 Å². The lowest BCUT2D eigenvalue weighted by molar-refractivity contribution is -0.117. The average Bonchev–Trinajstić information content (AvgIpc) is 2.31. The first kappa shape index (κ1) is 10.3. The smallest absolute Gasteiger partial charge is 0.130 e. The van der Waals surface area contributed by atoms with Crippen molar-refractivity contribution >= 4 is 5.78 Å². The van der Waals surface area contributed by atoms with E-state index >= 15 is 0 Å². The summed E-state index contributed by atoms with van der Waals surface area (Å²) in [6, 6.07) is 0. The van der Waals surface area contributed by atoms with Gasteiger partial charge in [-0.15, -0.1) is 0 Å². The van der Waals surface area contributed by atoms with Gasteiger partial charge in [0.2, 0.25) is 0 Å². The maximum atomic E-state index is 10.9. The topological polar surface area (TPSA) is 26.3 Å². The fourth-order valence-electron chi connectivity index (χ4n) is 1.70. The maximum absolute atomic E-state index is 10.9. The molecule has 2 atom stereocenters. The molecule has 0 aromatic rings. The minimum Gasteiger partial charge on any atom is -0.495 e. The molecule has 0 radical (unpaired) electrons. The van der Waals surface area contributed by atoms with Crippen molar-refractivity contribution in [3.8, 4) is 0 Å². The molecule has 13 heavy (non-hydrogen) atoms. The fourth-order valence-corrected chi connectivity index (χ4v) is 1.70. The summed E-state index contributed by atoms with van der Waals surface area (Å²) in [5.74, 6) is 1.78. The van der Waals surface area contributed by atoms with E-state index in [0.717, 1.165) is 12.2 Å². The number of ether oxygens (including phenoxy) is 1. The van der Waals surface area contributed by atoms with Crippen molar-refractivity contribution in [2.75, 3.05) is 0 Å². The molecule has 0 spiro atoms. The lowest BCUT2D eigenvalue weighted by Crippen LogP contribution is -2.13. The minimum atomic E-state index is 0.221. The van der Waals surface area contributed by atoms with Crippen molar-refractivity contribution in [1.29, 1.82) is 0 Å². The van der Waals surface area contributed by atoms with Gasteiger partial charge < -0.3 is 9.53 Å². The van der Waals surface area contributed by atoms with E-state index in [9.17, 15) is 4.79 Å². The molecule has 0 N–H and O–H groups in total. The molecule has 0 aliphatic carbocycles. The third-order valence-electron chi connectivity index (χ3n) is 2.55. The summed E-state index contributed by atoms with van der Waals surface area (Å²) >= 11 is 0. The van der Waals surface area contributed by atoms with E-state index in [1.54, 1.807) is 6.92 Å². The molecule has 1 heterocycles. The second kappa shape index (κ2) is 3.95. The van der Waals surface area contributed by atoms with Gasteiger partial charge in [-0.1, -0.05) is 20.4 Å². The summed E-state index contributed by atoms with van der Waals surface area (Å²) in [7, 11) is 0. The Labute approximate surface area is 80.0 Å². The first-order valence-electron chi connectivity index (χ1n) is 4.85. The van der Waals surface area contributed by atoms with Crippen LogP contribution in [0.5, 0.6) is 0 Å². The van der Waals surface area contributed by atoms with Crippen LogP contribution in [0.3, 0.4) is 0 Å². The molecule has 0 aromatic carbocycles. The van der Waals surface area contributed by atoms with E-state index in [4.69, 9.17) is 4.74 Å². The van der Waals surface area contributed by atoms with Crippen LogP contribution in [-0.2, 0) is 9.53 Å². The zero-order valence-electron chi connectivity index (χ0n) is 8.67. The zero-order valence-corrected chi connectivity index (χ0v) is 8.67. The second-order valence-corrected chi connectivity index (χ2v) is 4.21. The Bertz CT molecular complexity index is 218. The van der Waals surface area contributed by atoms with Crippen molar-refractivity contribution in [1.82, 2.24) is 0 Å². The monoisotopic (exact) mass is 182 g/mol.